The van der Waals surface area contributed by atoms with Crippen molar-refractivity contribution in [3.63, 3.8) is 0 Å². The molecule has 29 heavy (non-hydrogen) atoms. The first kappa shape index (κ1) is 18.6. The van der Waals surface area contributed by atoms with E-state index in [1.54, 1.807) is 16.7 Å². The second kappa shape index (κ2) is 7.80. The van der Waals surface area contributed by atoms with Crippen molar-refractivity contribution in [1.82, 2.24) is 14.3 Å². The number of aromatic nitrogens is 2. The predicted molar refractivity (Wildman–Crippen MR) is 118 cm³/mol. The highest BCUT2D eigenvalue weighted by atomic mass is 32.2. The van der Waals surface area contributed by atoms with Crippen molar-refractivity contribution < 1.29 is 4.79 Å². The summed E-state index contributed by atoms with van der Waals surface area (Å²) < 4.78 is 1.55. The van der Waals surface area contributed by atoms with Crippen LogP contribution in [-0.4, -0.2) is 38.0 Å². The third-order valence-corrected chi connectivity index (χ3v) is 7.37. The quantitative estimate of drug-likeness (QED) is 0.626. The normalized spacial score (nSPS) is 20.8. The number of carbonyl (C=O) groups is 1. The van der Waals surface area contributed by atoms with Crippen molar-refractivity contribution in [2.45, 2.75) is 37.1 Å². The van der Waals surface area contributed by atoms with Gasteiger partial charge in [0.1, 0.15) is 0 Å². The monoisotopic (exact) mass is 423 g/mol. The summed E-state index contributed by atoms with van der Waals surface area (Å²) in [5.74, 6) is 1.19. The summed E-state index contributed by atoms with van der Waals surface area (Å²) >= 11 is 2.99. The Morgan fingerprint density at radius 1 is 1.24 bits per heavy atom. The van der Waals surface area contributed by atoms with Crippen molar-refractivity contribution in [3.8, 4) is 0 Å². The standard InChI is InChI=1S/C22H21N3O2S2/c26-20-12-17(23-22-24(20)8-9-29-22)13-28-14-21(27)25-18-6-7-19(25)11-16(10-18)15-4-2-1-3-5-15/h1-5,8-10,12,18-19H,6-7,11,13-14H2. The van der Waals surface area contributed by atoms with Crippen molar-refractivity contribution in [2.24, 2.45) is 0 Å². The molecule has 0 radical (unpaired) electrons. The summed E-state index contributed by atoms with van der Waals surface area (Å²) in [4.78, 5) is 32.3. The van der Waals surface area contributed by atoms with Crippen LogP contribution < -0.4 is 5.56 Å². The summed E-state index contributed by atoms with van der Waals surface area (Å²) in [6.07, 6.45) is 7.07. The molecule has 1 amide bonds. The third kappa shape index (κ3) is 3.65. The maximum Gasteiger partial charge on any atom is 0.258 e. The van der Waals surface area contributed by atoms with Crippen LogP contribution in [0.15, 0.2) is 58.8 Å². The minimum Gasteiger partial charge on any atom is -0.332 e. The highest BCUT2D eigenvalue weighted by molar-refractivity contribution is 7.99. The lowest BCUT2D eigenvalue weighted by molar-refractivity contribution is -0.130. The van der Waals surface area contributed by atoms with E-state index < -0.39 is 0 Å². The Morgan fingerprint density at radius 2 is 2.10 bits per heavy atom. The first-order chi connectivity index (χ1) is 14.2. The van der Waals surface area contributed by atoms with Crippen LogP contribution in [0.3, 0.4) is 0 Å². The molecule has 2 atom stereocenters. The van der Waals surface area contributed by atoms with Gasteiger partial charge in [0.15, 0.2) is 4.96 Å². The molecule has 0 aliphatic carbocycles. The summed E-state index contributed by atoms with van der Waals surface area (Å²) in [6.45, 7) is 0. The summed E-state index contributed by atoms with van der Waals surface area (Å²) in [5, 5.41) is 1.85. The predicted octanol–water partition coefficient (Wildman–Crippen LogP) is 3.84. The summed E-state index contributed by atoms with van der Waals surface area (Å²) in [5.41, 5.74) is 3.31. The smallest absolute Gasteiger partial charge is 0.258 e. The molecule has 2 aliphatic heterocycles. The average molecular weight is 424 g/mol. The Hall–Kier alpha value is -2.38. The number of hydrogen-bond donors (Lipinski definition) is 0. The van der Waals surface area contributed by atoms with Gasteiger partial charge in [0.25, 0.3) is 5.56 Å². The molecule has 5 rings (SSSR count). The molecule has 2 bridgehead atoms. The number of thiazole rings is 1. The van der Waals surface area contributed by atoms with Gasteiger partial charge in [-0.3, -0.25) is 14.0 Å². The van der Waals surface area contributed by atoms with Crippen molar-refractivity contribution >= 4 is 39.5 Å². The zero-order valence-corrected chi connectivity index (χ0v) is 17.5. The lowest BCUT2D eigenvalue weighted by atomic mass is 9.95. The molecule has 2 aliphatic rings. The van der Waals surface area contributed by atoms with Crippen LogP contribution in [0.2, 0.25) is 0 Å². The minimum absolute atomic E-state index is 0.0640. The van der Waals surface area contributed by atoms with Gasteiger partial charge in [-0.25, -0.2) is 4.98 Å². The van der Waals surface area contributed by atoms with Crippen molar-refractivity contribution in [3.05, 3.63) is 75.7 Å². The Labute approximate surface area is 177 Å². The second-order valence-corrected chi connectivity index (χ2v) is 9.35. The van der Waals surface area contributed by atoms with E-state index in [0.717, 1.165) is 25.0 Å². The molecule has 2 unspecified atom stereocenters. The molecule has 4 heterocycles. The van der Waals surface area contributed by atoms with Gasteiger partial charge >= 0.3 is 0 Å². The number of fused-ring (bicyclic) bond motifs is 3. The summed E-state index contributed by atoms with van der Waals surface area (Å²) in [7, 11) is 0. The van der Waals surface area contributed by atoms with Gasteiger partial charge < -0.3 is 4.90 Å². The molecule has 148 valence electrons. The average Bonchev–Trinajstić information content (AvgIpc) is 3.31. The van der Waals surface area contributed by atoms with E-state index in [2.05, 4.69) is 40.2 Å². The van der Waals surface area contributed by atoms with Crippen LogP contribution in [0.25, 0.3) is 10.5 Å². The van der Waals surface area contributed by atoms with Crippen LogP contribution in [0.4, 0.5) is 0 Å². The second-order valence-electron chi connectivity index (χ2n) is 7.50. The molecule has 2 aromatic heterocycles. The first-order valence-electron chi connectivity index (χ1n) is 9.80. The van der Waals surface area contributed by atoms with Crippen molar-refractivity contribution in [2.75, 3.05) is 5.75 Å². The van der Waals surface area contributed by atoms with Gasteiger partial charge in [-0.2, -0.15) is 0 Å². The Balaban J connectivity index is 1.23. The third-order valence-electron chi connectivity index (χ3n) is 5.66. The summed E-state index contributed by atoms with van der Waals surface area (Å²) in [6, 6.07) is 12.6. The number of carbonyl (C=O) groups excluding carboxylic acids is 1. The molecule has 1 fully saturated rings. The van der Waals surface area contributed by atoms with E-state index in [0.29, 0.717) is 22.5 Å². The Bertz CT molecular complexity index is 1140. The lowest BCUT2D eigenvalue weighted by Gasteiger charge is -2.34. The molecule has 0 N–H and O–H groups in total. The highest BCUT2D eigenvalue weighted by Gasteiger charge is 2.39. The number of nitrogens with zero attached hydrogens (tertiary/aromatic N) is 3. The molecular formula is C22H21N3O2S2. The molecule has 5 nitrogen and oxygen atoms in total. The number of benzene rings is 1. The fourth-order valence-electron chi connectivity index (χ4n) is 4.36. The van der Waals surface area contributed by atoms with Gasteiger partial charge in [0.05, 0.1) is 17.5 Å². The van der Waals surface area contributed by atoms with Crippen molar-refractivity contribution in [1.29, 1.82) is 0 Å². The van der Waals surface area contributed by atoms with Gasteiger partial charge in [0.2, 0.25) is 5.91 Å². The van der Waals surface area contributed by atoms with Crippen LogP contribution in [0.5, 0.6) is 0 Å². The molecular weight excluding hydrogens is 402 g/mol. The number of hydrogen-bond acceptors (Lipinski definition) is 5. The Kier molecular flexibility index (Phi) is 5.01. The van der Waals surface area contributed by atoms with Gasteiger partial charge in [-0.05, 0) is 30.4 Å². The number of rotatable bonds is 5. The zero-order valence-electron chi connectivity index (χ0n) is 15.9. The van der Waals surface area contributed by atoms with Crippen LogP contribution in [0, 0.1) is 0 Å². The molecule has 1 saturated heterocycles. The lowest BCUT2D eigenvalue weighted by Crippen LogP contribution is -2.43. The van der Waals surface area contributed by atoms with Crippen LogP contribution in [0.1, 0.15) is 30.5 Å². The fourth-order valence-corrected chi connectivity index (χ4v) is 5.89. The fraction of sp³-hybridized carbons (Fsp3) is 0.318. The minimum atomic E-state index is -0.0640. The molecule has 7 heteroatoms. The highest BCUT2D eigenvalue weighted by Crippen LogP contribution is 2.38. The number of thioether (sulfide) groups is 1. The van der Waals surface area contributed by atoms with Crippen LogP contribution in [-0.2, 0) is 10.5 Å². The van der Waals surface area contributed by atoms with E-state index in [1.807, 2.05) is 11.4 Å². The van der Waals surface area contributed by atoms with Gasteiger partial charge in [-0.1, -0.05) is 36.4 Å². The number of amides is 1. The van der Waals surface area contributed by atoms with Crippen LogP contribution >= 0.6 is 23.1 Å². The molecule has 1 aromatic carbocycles. The largest absolute Gasteiger partial charge is 0.332 e. The molecule has 0 saturated carbocycles. The van der Waals surface area contributed by atoms with E-state index in [-0.39, 0.29) is 17.5 Å². The molecule has 0 spiro atoms. The van der Waals surface area contributed by atoms with E-state index in [4.69, 9.17) is 0 Å². The maximum atomic E-state index is 12.9. The molecule has 3 aromatic rings. The van der Waals surface area contributed by atoms with Gasteiger partial charge in [-0.15, -0.1) is 23.1 Å². The van der Waals surface area contributed by atoms with E-state index >= 15 is 0 Å². The zero-order chi connectivity index (χ0) is 19.8. The Morgan fingerprint density at radius 3 is 2.93 bits per heavy atom. The SMILES string of the molecule is O=C(CSCc1cc(=O)n2ccsc2n1)N1C2C=C(c3ccccc3)CC1CC2. The topological polar surface area (TPSA) is 54.7 Å². The van der Waals surface area contributed by atoms with E-state index in [1.165, 1.54) is 34.2 Å². The van der Waals surface area contributed by atoms with E-state index in [9.17, 15) is 9.59 Å². The first-order valence-corrected chi connectivity index (χ1v) is 11.8. The maximum absolute atomic E-state index is 12.9. The van der Waals surface area contributed by atoms with Gasteiger partial charge in [0, 0.05) is 29.4 Å².